The van der Waals surface area contributed by atoms with Crippen molar-refractivity contribution in [1.82, 2.24) is 5.06 Å². The number of ketones is 1. The first-order chi connectivity index (χ1) is 3.66. The Morgan fingerprint density at radius 2 is 2.25 bits per heavy atom. The van der Waals surface area contributed by atoms with E-state index in [0.29, 0.717) is 6.54 Å². The van der Waals surface area contributed by atoms with Gasteiger partial charge in [-0.3, -0.25) is 4.79 Å². The maximum Gasteiger partial charge on any atom is 0.146 e. The van der Waals surface area contributed by atoms with E-state index < -0.39 is 0 Å². The Bertz CT molecular complexity index is 82.5. The van der Waals surface area contributed by atoms with Gasteiger partial charge in [0.15, 0.2) is 0 Å². The minimum Gasteiger partial charge on any atom is -0.302 e. The van der Waals surface area contributed by atoms with Gasteiger partial charge in [-0.05, 0) is 6.92 Å². The van der Waals surface area contributed by atoms with Gasteiger partial charge in [0.2, 0.25) is 0 Å². The van der Waals surface area contributed by atoms with Crippen molar-refractivity contribution in [2.24, 2.45) is 0 Å². The van der Waals surface area contributed by atoms with E-state index in [0.717, 1.165) is 0 Å². The third-order valence-electron chi connectivity index (χ3n) is 0.757. The molecule has 0 fully saturated rings. The normalized spacial score (nSPS) is 10.0. The smallest absolute Gasteiger partial charge is 0.146 e. The number of nitrogens with zero attached hydrogens (tertiary/aromatic N) is 1. The molecule has 0 spiro atoms. The standard InChI is InChI=1S/C5H11NO2/c1-5(7)4-6(2)8-3/h4H2,1-3H3. The third-order valence-corrected chi connectivity index (χ3v) is 0.757. The SMILES string of the molecule is CON(C)CC(C)=O. The van der Waals surface area contributed by atoms with Crippen molar-refractivity contribution in [3.05, 3.63) is 0 Å². The molecule has 48 valence electrons. The van der Waals surface area contributed by atoms with Crippen LogP contribution < -0.4 is 0 Å². The van der Waals surface area contributed by atoms with Crippen molar-refractivity contribution in [3.8, 4) is 0 Å². The van der Waals surface area contributed by atoms with Crippen molar-refractivity contribution in [2.45, 2.75) is 6.92 Å². The monoisotopic (exact) mass is 117 g/mol. The van der Waals surface area contributed by atoms with E-state index in [1.54, 1.807) is 7.05 Å². The van der Waals surface area contributed by atoms with Gasteiger partial charge < -0.3 is 4.84 Å². The van der Waals surface area contributed by atoms with E-state index in [2.05, 4.69) is 4.84 Å². The quantitative estimate of drug-likeness (QED) is 0.490. The van der Waals surface area contributed by atoms with Crippen LogP contribution in [-0.4, -0.2) is 31.5 Å². The average Bonchev–Trinajstić information content (AvgIpc) is 1.65. The van der Waals surface area contributed by atoms with Crippen molar-refractivity contribution < 1.29 is 9.63 Å². The lowest BCUT2D eigenvalue weighted by atomic mass is 10.4. The van der Waals surface area contributed by atoms with Gasteiger partial charge in [0, 0.05) is 7.05 Å². The highest BCUT2D eigenvalue weighted by Crippen LogP contribution is 1.79. The molecule has 0 aromatic rings. The summed E-state index contributed by atoms with van der Waals surface area (Å²) in [6, 6.07) is 0. The largest absolute Gasteiger partial charge is 0.302 e. The number of carbonyl (C=O) groups is 1. The number of Topliss-reactive ketones (excluding diaryl/α,β-unsaturated/α-hetero) is 1. The first kappa shape index (κ1) is 7.59. The van der Waals surface area contributed by atoms with Gasteiger partial charge in [0.25, 0.3) is 0 Å². The lowest BCUT2D eigenvalue weighted by Crippen LogP contribution is -2.22. The van der Waals surface area contributed by atoms with E-state index in [1.165, 1.54) is 19.1 Å². The maximum atomic E-state index is 10.3. The molecule has 0 aliphatic heterocycles. The van der Waals surface area contributed by atoms with Crippen molar-refractivity contribution in [1.29, 1.82) is 0 Å². The van der Waals surface area contributed by atoms with Crippen LogP contribution in [0.3, 0.4) is 0 Å². The molecule has 8 heavy (non-hydrogen) atoms. The second-order valence-corrected chi connectivity index (χ2v) is 1.67. The van der Waals surface area contributed by atoms with Crippen LogP contribution in [0.2, 0.25) is 0 Å². The zero-order valence-corrected chi connectivity index (χ0v) is 5.47. The maximum absolute atomic E-state index is 10.3. The molecule has 0 aliphatic carbocycles. The van der Waals surface area contributed by atoms with Crippen LogP contribution in [0, 0.1) is 0 Å². The Balaban J connectivity index is 3.24. The molecule has 3 heteroatoms. The molecule has 3 nitrogen and oxygen atoms in total. The van der Waals surface area contributed by atoms with Crippen molar-refractivity contribution in [3.63, 3.8) is 0 Å². The summed E-state index contributed by atoms with van der Waals surface area (Å²) in [6.07, 6.45) is 0. The molecule has 0 amide bonds. The lowest BCUT2D eigenvalue weighted by molar-refractivity contribution is -0.138. The van der Waals surface area contributed by atoms with Crippen LogP contribution in [0.25, 0.3) is 0 Å². The van der Waals surface area contributed by atoms with E-state index in [4.69, 9.17) is 0 Å². The summed E-state index contributed by atoms with van der Waals surface area (Å²) in [7, 11) is 3.24. The Hall–Kier alpha value is -0.410. The second kappa shape index (κ2) is 3.57. The zero-order valence-electron chi connectivity index (χ0n) is 5.47. The van der Waals surface area contributed by atoms with Crippen LogP contribution in [0.1, 0.15) is 6.92 Å². The number of hydroxylamine groups is 2. The molecule has 0 radical (unpaired) electrons. The highest BCUT2D eigenvalue weighted by molar-refractivity contribution is 5.77. The molecule has 0 rings (SSSR count). The lowest BCUT2D eigenvalue weighted by Gasteiger charge is -2.09. The molecular weight excluding hydrogens is 106 g/mol. The molecule has 0 saturated carbocycles. The van der Waals surface area contributed by atoms with Crippen LogP contribution in [0.5, 0.6) is 0 Å². The second-order valence-electron chi connectivity index (χ2n) is 1.67. The summed E-state index contributed by atoms with van der Waals surface area (Å²) in [6.45, 7) is 1.88. The molecular formula is C5H11NO2. The van der Waals surface area contributed by atoms with E-state index in [-0.39, 0.29) is 5.78 Å². The number of rotatable bonds is 3. The zero-order chi connectivity index (χ0) is 6.57. The van der Waals surface area contributed by atoms with Gasteiger partial charge in [-0.1, -0.05) is 0 Å². The van der Waals surface area contributed by atoms with Gasteiger partial charge in [0.05, 0.1) is 13.7 Å². The van der Waals surface area contributed by atoms with E-state index in [9.17, 15) is 4.79 Å². The van der Waals surface area contributed by atoms with Crippen LogP contribution in [0.15, 0.2) is 0 Å². The fourth-order valence-electron chi connectivity index (χ4n) is 0.378. The summed E-state index contributed by atoms with van der Waals surface area (Å²) >= 11 is 0. The molecule has 0 unspecified atom stereocenters. The summed E-state index contributed by atoms with van der Waals surface area (Å²) in [5.41, 5.74) is 0. The Kier molecular flexibility index (Phi) is 3.39. The Morgan fingerprint density at radius 1 is 1.75 bits per heavy atom. The molecule has 0 N–H and O–H groups in total. The average molecular weight is 117 g/mol. The summed E-state index contributed by atoms with van der Waals surface area (Å²) in [5, 5.41) is 1.47. The molecule has 0 aliphatic rings. The Morgan fingerprint density at radius 3 is 2.38 bits per heavy atom. The molecule has 0 aromatic carbocycles. The van der Waals surface area contributed by atoms with E-state index in [1.807, 2.05) is 0 Å². The van der Waals surface area contributed by atoms with E-state index >= 15 is 0 Å². The highest BCUT2D eigenvalue weighted by Gasteiger charge is 1.96. The predicted octanol–water partition coefficient (Wildman–Crippen LogP) is 0.0686. The van der Waals surface area contributed by atoms with Gasteiger partial charge >= 0.3 is 0 Å². The predicted molar refractivity (Wildman–Crippen MR) is 30.3 cm³/mol. The van der Waals surface area contributed by atoms with Crippen LogP contribution >= 0.6 is 0 Å². The van der Waals surface area contributed by atoms with Gasteiger partial charge in [0.1, 0.15) is 5.78 Å². The number of likely N-dealkylation sites (N-methyl/N-ethyl adjacent to an activating group) is 1. The van der Waals surface area contributed by atoms with Gasteiger partial charge in [-0.2, -0.15) is 5.06 Å². The molecule has 0 aromatic heterocycles. The minimum atomic E-state index is 0.106. The van der Waals surface area contributed by atoms with Crippen LogP contribution in [0.4, 0.5) is 0 Å². The summed E-state index contributed by atoms with van der Waals surface area (Å²) in [5.74, 6) is 0.106. The summed E-state index contributed by atoms with van der Waals surface area (Å²) < 4.78 is 0. The third kappa shape index (κ3) is 3.77. The topological polar surface area (TPSA) is 29.5 Å². The molecule has 0 bridgehead atoms. The fraction of sp³-hybridized carbons (Fsp3) is 0.800. The van der Waals surface area contributed by atoms with Crippen molar-refractivity contribution >= 4 is 5.78 Å². The van der Waals surface area contributed by atoms with Crippen molar-refractivity contribution in [2.75, 3.05) is 20.7 Å². The number of hydrogen-bond acceptors (Lipinski definition) is 3. The molecule has 0 saturated heterocycles. The summed E-state index contributed by atoms with van der Waals surface area (Å²) in [4.78, 5) is 15.0. The fourth-order valence-corrected chi connectivity index (χ4v) is 0.378. The Labute approximate surface area is 49.2 Å². The highest BCUT2D eigenvalue weighted by atomic mass is 16.7. The molecule has 0 heterocycles. The number of hydrogen-bond donors (Lipinski definition) is 0. The first-order valence-corrected chi connectivity index (χ1v) is 2.41. The number of carbonyl (C=O) groups excluding carboxylic acids is 1. The minimum absolute atomic E-state index is 0.106. The van der Waals surface area contributed by atoms with Gasteiger partial charge in [-0.25, -0.2) is 0 Å². The first-order valence-electron chi connectivity index (χ1n) is 2.41. The molecule has 0 atom stereocenters. The van der Waals surface area contributed by atoms with Gasteiger partial charge in [-0.15, -0.1) is 0 Å². The van der Waals surface area contributed by atoms with Crippen LogP contribution in [-0.2, 0) is 9.63 Å².